The van der Waals surface area contributed by atoms with Crippen molar-refractivity contribution in [2.45, 2.75) is 45.6 Å². The molecule has 0 radical (unpaired) electrons. The fourth-order valence-electron chi connectivity index (χ4n) is 2.44. The third-order valence-electron chi connectivity index (χ3n) is 3.86. The number of aliphatic hydroxyl groups excluding tert-OH is 1. The van der Waals surface area contributed by atoms with E-state index >= 15 is 0 Å². The summed E-state index contributed by atoms with van der Waals surface area (Å²) in [7, 11) is 0. The summed E-state index contributed by atoms with van der Waals surface area (Å²) < 4.78 is 0. The van der Waals surface area contributed by atoms with Gasteiger partial charge >= 0.3 is 0 Å². The Morgan fingerprint density at radius 2 is 2.24 bits per heavy atom. The Bertz CT molecular complexity index is 564. The number of carbonyl (C=O) groups is 1. The molecular formula is C18H23NO2. The van der Waals surface area contributed by atoms with E-state index in [-0.39, 0.29) is 18.6 Å². The molecule has 1 aromatic carbocycles. The monoisotopic (exact) mass is 285 g/mol. The smallest absolute Gasteiger partial charge is 0.252 e. The molecule has 1 aliphatic rings. The number of benzene rings is 1. The van der Waals surface area contributed by atoms with Crippen molar-refractivity contribution in [2.24, 2.45) is 5.92 Å². The van der Waals surface area contributed by atoms with Gasteiger partial charge in [-0.05, 0) is 37.8 Å². The first kappa shape index (κ1) is 15.6. The maximum Gasteiger partial charge on any atom is 0.252 e. The van der Waals surface area contributed by atoms with E-state index in [0.717, 1.165) is 24.3 Å². The molecule has 112 valence electrons. The summed E-state index contributed by atoms with van der Waals surface area (Å²) in [5, 5.41) is 12.0. The van der Waals surface area contributed by atoms with Crippen LogP contribution < -0.4 is 5.32 Å². The van der Waals surface area contributed by atoms with Gasteiger partial charge in [0.25, 0.3) is 5.91 Å². The molecule has 1 aromatic rings. The highest BCUT2D eigenvalue weighted by Crippen LogP contribution is 2.34. The Kier molecular flexibility index (Phi) is 5.41. The van der Waals surface area contributed by atoms with E-state index in [0.29, 0.717) is 11.1 Å². The quantitative estimate of drug-likeness (QED) is 0.817. The van der Waals surface area contributed by atoms with E-state index in [1.165, 1.54) is 12.8 Å². The number of carbonyl (C=O) groups excluding carboxylic acids is 1. The average molecular weight is 285 g/mol. The third kappa shape index (κ3) is 4.61. The van der Waals surface area contributed by atoms with Gasteiger partial charge in [-0.3, -0.25) is 4.79 Å². The molecule has 1 aliphatic carbocycles. The van der Waals surface area contributed by atoms with Crippen molar-refractivity contribution in [3.05, 3.63) is 34.9 Å². The fraction of sp³-hybridized carbons (Fsp3) is 0.500. The molecule has 0 heterocycles. The van der Waals surface area contributed by atoms with Crippen LogP contribution in [0.3, 0.4) is 0 Å². The van der Waals surface area contributed by atoms with Gasteiger partial charge in [-0.15, -0.1) is 0 Å². The number of hydrogen-bond acceptors (Lipinski definition) is 2. The summed E-state index contributed by atoms with van der Waals surface area (Å²) in [6.45, 7) is 3.87. The zero-order valence-corrected chi connectivity index (χ0v) is 12.8. The molecule has 0 bridgehead atoms. The van der Waals surface area contributed by atoms with Gasteiger partial charge < -0.3 is 10.4 Å². The van der Waals surface area contributed by atoms with Crippen LogP contribution in [0.2, 0.25) is 0 Å². The van der Waals surface area contributed by atoms with Crippen LogP contribution >= 0.6 is 0 Å². The van der Waals surface area contributed by atoms with Crippen molar-refractivity contribution in [3.63, 3.8) is 0 Å². The number of rotatable bonds is 5. The molecule has 1 fully saturated rings. The Morgan fingerprint density at radius 3 is 2.86 bits per heavy atom. The second kappa shape index (κ2) is 7.28. The lowest BCUT2D eigenvalue weighted by atomic mass is 10.0. The molecular weight excluding hydrogens is 262 g/mol. The van der Waals surface area contributed by atoms with E-state index in [1.807, 2.05) is 25.1 Å². The van der Waals surface area contributed by atoms with Gasteiger partial charge in [0.15, 0.2) is 0 Å². The standard InChI is InChI=1S/C18H23NO2/c1-3-16(12-14-7-8-14)19-18(21)17-11-13(2)6-9-15(17)5-4-10-20/h6,9,11,14,16,20H,3,7-8,10,12H2,1-2H3,(H,19,21). The van der Waals surface area contributed by atoms with Crippen LogP contribution in [0.25, 0.3) is 0 Å². The van der Waals surface area contributed by atoms with Gasteiger partial charge in [-0.1, -0.05) is 43.2 Å². The van der Waals surface area contributed by atoms with Crippen molar-refractivity contribution in [1.29, 1.82) is 0 Å². The molecule has 1 saturated carbocycles. The minimum absolute atomic E-state index is 0.0616. The molecule has 0 spiro atoms. The maximum absolute atomic E-state index is 12.5. The van der Waals surface area contributed by atoms with E-state index in [1.54, 1.807) is 0 Å². The Morgan fingerprint density at radius 1 is 1.48 bits per heavy atom. The highest BCUT2D eigenvalue weighted by molar-refractivity contribution is 5.97. The Labute approximate surface area is 126 Å². The highest BCUT2D eigenvalue weighted by atomic mass is 16.2. The lowest BCUT2D eigenvalue weighted by Crippen LogP contribution is -2.35. The predicted octanol–water partition coefficient (Wildman–Crippen LogP) is 2.65. The van der Waals surface area contributed by atoms with Gasteiger partial charge in [0.1, 0.15) is 6.61 Å². The first-order chi connectivity index (χ1) is 10.1. The van der Waals surface area contributed by atoms with E-state index < -0.39 is 0 Å². The summed E-state index contributed by atoms with van der Waals surface area (Å²) in [5.41, 5.74) is 2.31. The summed E-state index contributed by atoms with van der Waals surface area (Å²) >= 11 is 0. The van der Waals surface area contributed by atoms with Crippen LogP contribution in [0.4, 0.5) is 0 Å². The van der Waals surface area contributed by atoms with Gasteiger partial charge in [-0.25, -0.2) is 0 Å². The molecule has 3 nitrogen and oxygen atoms in total. The summed E-state index contributed by atoms with van der Waals surface area (Å²) in [6, 6.07) is 5.87. The average Bonchev–Trinajstić information content (AvgIpc) is 3.29. The van der Waals surface area contributed by atoms with Crippen molar-refractivity contribution in [1.82, 2.24) is 5.32 Å². The van der Waals surface area contributed by atoms with Gasteiger partial charge in [0, 0.05) is 11.6 Å². The first-order valence-corrected chi connectivity index (χ1v) is 7.65. The molecule has 1 atom stereocenters. The van der Waals surface area contributed by atoms with Gasteiger partial charge in [-0.2, -0.15) is 0 Å². The molecule has 21 heavy (non-hydrogen) atoms. The van der Waals surface area contributed by atoms with Crippen molar-refractivity contribution < 1.29 is 9.90 Å². The Balaban J connectivity index is 2.14. The third-order valence-corrected chi connectivity index (χ3v) is 3.86. The number of aryl methyl sites for hydroxylation is 1. The maximum atomic E-state index is 12.5. The molecule has 0 saturated heterocycles. The van der Waals surface area contributed by atoms with Crippen molar-refractivity contribution in [3.8, 4) is 11.8 Å². The van der Waals surface area contributed by atoms with Crippen LogP contribution in [-0.2, 0) is 0 Å². The summed E-state index contributed by atoms with van der Waals surface area (Å²) in [5.74, 6) is 6.20. The Hall–Kier alpha value is -1.79. The number of hydrogen-bond donors (Lipinski definition) is 2. The van der Waals surface area contributed by atoms with Crippen molar-refractivity contribution in [2.75, 3.05) is 6.61 Å². The number of aliphatic hydroxyl groups is 1. The molecule has 0 aromatic heterocycles. The number of nitrogens with one attached hydrogen (secondary N) is 1. The van der Waals surface area contributed by atoms with E-state index in [4.69, 9.17) is 5.11 Å². The molecule has 3 heteroatoms. The zero-order valence-electron chi connectivity index (χ0n) is 12.8. The summed E-state index contributed by atoms with van der Waals surface area (Å²) in [6.07, 6.45) is 4.62. The minimum atomic E-state index is -0.200. The molecule has 1 unspecified atom stereocenters. The largest absolute Gasteiger partial charge is 0.384 e. The van der Waals surface area contributed by atoms with Crippen LogP contribution in [0.15, 0.2) is 18.2 Å². The SMILES string of the molecule is CCC(CC1CC1)NC(=O)c1cc(C)ccc1C#CCO. The van der Waals surface area contributed by atoms with E-state index in [9.17, 15) is 4.79 Å². The molecule has 2 N–H and O–H groups in total. The first-order valence-electron chi connectivity index (χ1n) is 7.65. The fourth-order valence-corrected chi connectivity index (χ4v) is 2.44. The predicted molar refractivity (Wildman–Crippen MR) is 84.0 cm³/mol. The second-order valence-electron chi connectivity index (χ2n) is 5.77. The molecule has 1 amide bonds. The summed E-state index contributed by atoms with van der Waals surface area (Å²) in [4.78, 5) is 12.5. The van der Waals surface area contributed by atoms with Crippen LogP contribution in [0.5, 0.6) is 0 Å². The normalized spacial score (nSPS) is 15.0. The lowest BCUT2D eigenvalue weighted by Gasteiger charge is -2.17. The van der Waals surface area contributed by atoms with Gasteiger partial charge in [0.2, 0.25) is 0 Å². The van der Waals surface area contributed by atoms with Crippen LogP contribution in [0.1, 0.15) is 54.1 Å². The van der Waals surface area contributed by atoms with Crippen molar-refractivity contribution >= 4 is 5.91 Å². The molecule has 0 aliphatic heterocycles. The zero-order chi connectivity index (χ0) is 15.2. The minimum Gasteiger partial charge on any atom is -0.384 e. The highest BCUT2D eigenvalue weighted by Gasteiger charge is 2.26. The lowest BCUT2D eigenvalue weighted by molar-refractivity contribution is 0.0932. The number of amides is 1. The van der Waals surface area contributed by atoms with E-state index in [2.05, 4.69) is 24.1 Å². The topological polar surface area (TPSA) is 49.3 Å². The van der Waals surface area contributed by atoms with Gasteiger partial charge in [0.05, 0.1) is 5.56 Å². The van der Waals surface area contributed by atoms with Crippen LogP contribution in [-0.4, -0.2) is 23.7 Å². The van der Waals surface area contributed by atoms with Crippen LogP contribution in [0, 0.1) is 24.7 Å². The molecule has 2 rings (SSSR count). The second-order valence-corrected chi connectivity index (χ2v) is 5.77.